The predicted octanol–water partition coefficient (Wildman–Crippen LogP) is 4.13. The van der Waals surface area contributed by atoms with Crippen LogP contribution >= 0.6 is 0 Å². The average Bonchev–Trinajstić information content (AvgIpc) is 3.07. The van der Waals surface area contributed by atoms with Crippen LogP contribution in [0.5, 0.6) is 23.0 Å². The van der Waals surface area contributed by atoms with E-state index in [1.54, 1.807) is 32.4 Å². The zero-order chi connectivity index (χ0) is 21.3. The van der Waals surface area contributed by atoms with Gasteiger partial charge in [0.05, 0.1) is 19.8 Å². The fourth-order valence-electron chi connectivity index (χ4n) is 3.67. The molecule has 2 aromatic carbocycles. The molecule has 7 heteroatoms. The zero-order valence-corrected chi connectivity index (χ0v) is 17.4. The van der Waals surface area contributed by atoms with E-state index in [9.17, 15) is 4.79 Å². The number of carbonyl (C=O) groups is 1. The number of methoxy groups -OCH3 is 2. The lowest BCUT2D eigenvalue weighted by atomic mass is 10.2. The highest BCUT2D eigenvalue weighted by molar-refractivity contribution is 6.05. The van der Waals surface area contributed by atoms with Crippen LogP contribution in [-0.4, -0.2) is 37.9 Å². The van der Waals surface area contributed by atoms with Crippen LogP contribution in [0.15, 0.2) is 42.5 Å². The molecule has 4 rings (SSSR count). The van der Waals surface area contributed by atoms with Crippen molar-refractivity contribution >= 4 is 11.6 Å². The van der Waals surface area contributed by atoms with Crippen molar-refractivity contribution in [2.45, 2.75) is 13.8 Å². The Hall–Kier alpha value is -3.61. The summed E-state index contributed by atoms with van der Waals surface area (Å²) in [4.78, 5) is 13.0. The van der Waals surface area contributed by atoms with E-state index in [0.717, 1.165) is 22.8 Å². The molecule has 0 atom stereocenters. The number of rotatable bonds is 5. The molecule has 1 amide bonds. The van der Waals surface area contributed by atoms with Crippen molar-refractivity contribution in [3.05, 3.63) is 59.4 Å². The van der Waals surface area contributed by atoms with Gasteiger partial charge in [-0.05, 0) is 44.2 Å². The first kappa shape index (κ1) is 19.7. The third-order valence-electron chi connectivity index (χ3n) is 5.10. The second-order valence-corrected chi connectivity index (χ2v) is 6.97. The molecule has 3 aromatic rings. The van der Waals surface area contributed by atoms with Gasteiger partial charge in [0.25, 0.3) is 5.91 Å². The molecule has 0 aliphatic carbocycles. The maximum absolute atomic E-state index is 13.0. The summed E-state index contributed by atoms with van der Waals surface area (Å²) in [5.74, 6) is 2.41. The monoisotopic (exact) mass is 408 g/mol. The van der Waals surface area contributed by atoms with E-state index >= 15 is 0 Å². The largest absolute Gasteiger partial charge is 0.493 e. The van der Waals surface area contributed by atoms with Gasteiger partial charge in [-0.15, -0.1) is 0 Å². The van der Waals surface area contributed by atoms with E-state index in [-0.39, 0.29) is 5.91 Å². The van der Waals surface area contributed by atoms with Crippen LogP contribution in [-0.2, 0) is 0 Å². The third-order valence-corrected chi connectivity index (χ3v) is 5.10. The molecule has 0 bridgehead atoms. The summed E-state index contributed by atoms with van der Waals surface area (Å²) >= 11 is 0. The number of hydrogen-bond donors (Lipinski definition) is 1. The van der Waals surface area contributed by atoms with Gasteiger partial charge in [0.2, 0.25) is 0 Å². The molecule has 30 heavy (non-hydrogen) atoms. The number of amides is 1. The molecule has 156 valence electrons. The summed E-state index contributed by atoms with van der Waals surface area (Å²) in [6.45, 7) is 4.97. The molecule has 1 N–H and O–H groups in total. The van der Waals surface area contributed by atoms with Crippen molar-refractivity contribution < 1.29 is 23.7 Å². The van der Waals surface area contributed by atoms with Crippen LogP contribution in [0.2, 0.25) is 0 Å². The summed E-state index contributed by atoms with van der Waals surface area (Å²) in [6.07, 6.45) is 0. The first-order valence-electron chi connectivity index (χ1n) is 9.64. The normalized spacial score (nSPS) is 12.4. The second kappa shape index (κ2) is 8.02. The van der Waals surface area contributed by atoms with E-state index in [2.05, 4.69) is 5.32 Å². The minimum absolute atomic E-state index is 0.195. The molecule has 1 aliphatic heterocycles. The van der Waals surface area contributed by atoms with Gasteiger partial charge < -0.3 is 28.8 Å². The van der Waals surface area contributed by atoms with E-state index in [4.69, 9.17) is 18.9 Å². The van der Waals surface area contributed by atoms with Crippen LogP contribution in [0.1, 0.15) is 21.7 Å². The Morgan fingerprint density at radius 3 is 2.40 bits per heavy atom. The van der Waals surface area contributed by atoms with Gasteiger partial charge in [-0.1, -0.05) is 0 Å². The van der Waals surface area contributed by atoms with Gasteiger partial charge in [-0.25, -0.2) is 0 Å². The highest BCUT2D eigenvalue weighted by Crippen LogP contribution is 2.34. The van der Waals surface area contributed by atoms with Crippen molar-refractivity contribution in [3.8, 4) is 28.7 Å². The van der Waals surface area contributed by atoms with Gasteiger partial charge in [0.1, 0.15) is 13.2 Å². The van der Waals surface area contributed by atoms with Crippen LogP contribution in [0.4, 0.5) is 5.69 Å². The number of benzene rings is 2. The van der Waals surface area contributed by atoms with E-state index in [0.29, 0.717) is 41.7 Å². The van der Waals surface area contributed by atoms with Gasteiger partial charge in [0, 0.05) is 34.9 Å². The number of nitrogens with zero attached hydrogens (tertiary/aromatic N) is 1. The fourth-order valence-corrected chi connectivity index (χ4v) is 3.67. The summed E-state index contributed by atoms with van der Waals surface area (Å²) in [6, 6.07) is 12.9. The standard InChI is InChI=1S/C23H24N2O5/c1-14-11-18(23(26)24-16-5-7-19(27-3)21(12-16)28-4)15(2)25(14)17-6-8-20-22(13-17)30-10-9-29-20/h5-8,11-13H,9-10H2,1-4H3,(H,24,26). The molecule has 0 unspecified atom stereocenters. The summed E-state index contributed by atoms with van der Waals surface area (Å²) < 4.78 is 23.9. The van der Waals surface area contributed by atoms with Crippen LogP contribution in [0, 0.1) is 13.8 Å². The van der Waals surface area contributed by atoms with Gasteiger partial charge in [-0.2, -0.15) is 0 Å². The van der Waals surface area contributed by atoms with Crippen LogP contribution in [0.25, 0.3) is 5.69 Å². The highest BCUT2D eigenvalue weighted by Gasteiger charge is 2.19. The Bertz CT molecular complexity index is 1100. The molecule has 0 radical (unpaired) electrons. The predicted molar refractivity (Wildman–Crippen MR) is 114 cm³/mol. The molecule has 1 aliphatic rings. The Kier molecular flexibility index (Phi) is 5.27. The maximum atomic E-state index is 13.0. The summed E-state index contributed by atoms with van der Waals surface area (Å²) in [7, 11) is 3.13. The Balaban J connectivity index is 1.63. The smallest absolute Gasteiger partial charge is 0.257 e. The molecule has 0 fully saturated rings. The number of nitrogens with one attached hydrogen (secondary N) is 1. The zero-order valence-electron chi connectivity index (χ0n) is 17.4. The lowest BCUT2D eigenvalue weighted by molar-refractivity contribution is 0.102. The SMILES string of the molecule is COc1ccc(NC(=O)c2cc(C)n(-c3ccc4c(c3)OCCO4)c2C)cc1OC. The molecule has 7 nitrogen and oxygen atoms in total. The Labute approximate surface area is 175 Å². The first-order chi connectivity index (χ1) is 14.5. The molecule has 0 spiro atoms. The third kappa shape index (κ3) is 3.54. The minimum Gasteiger partial charge on any atom is -0.493 e. The number of aryl methyl sites for hydroxylation is 1. The topological polar surface area (TPSA) is 71.0 Å². The highest BCUT2D eigenvalue weighted by atomic mass is 16.6. The van der Waals surface area contributed by atoms with Crippen molar-refractivity contribution in [2.24, 2.45) is 0 Å². The van der Waals surface area contributed by atoms with Gasteiger partial charge in [0.15, 0.2) is 23.0 Å². The second-order valence-electron chi connectivity index (χ2n) is 6.97. The van der Waals surface area contributed by atoms with Gasteiger partial charge in [-0.3, -0.25) is 4.79 Å². The lowest BCUT2D eigenvalue weighted by Gasteiger charge is -2.20. The van der Waals surface area contributed by atoms with Crippen LogP contribution in [0.3, 0.4) is 0 Å². The molecule has 0 saturated heterocycles. The quantitative estimate of drug-likeness (QED) is 0.687. The lowest BCUT2D eigenvalue weighted by Crippen LogP contribution is -2.16. The molecule has 2 heterocycles. The number of anilines is 1. The van der Waals surface area contributed by atoms with Crippen LogP contribution < -0.4 is 24.3 Å². The first-order valence-corrected chi connectivity index (χ1v) is 9.64. The molecular weight excluding hydrogens is 384 g/mol. The van der Waals surface area contributed by atoms with E-state index < -0.39 is 0 Å². The van der Waals surface area contributed by atoms with Crippen molar-refractivity contribution in [3.63, 3.8) is 0 Å². The number of aromatic nitrogens is 1. The number of hydrogen-bond acceptors (Lipinski definition) is 5. The number of fused-ring (bicyclic) bond motifs is 1. The van der Waals surface area contributed by atoms with E-state index in [1.165, 1.54) is 0 Å². The minimum atomic E-state index is -0.195. The fraction of sp³-hybridized carbons (Fsp3) is 0.261. The van der Waals surface area contributed by atoms with E-state index in [1.807, 2.05) is 42.7 Å². The van der Waals surface area contributed by atoms with Gasteiger partial charge >= 0.3 is 0 Å². The van der Waals surface area contributed by atoms with Crippen molar-refractivity contribution in [2.75, 3.05) is 32.8 Å². The molecule has 1 aromatic heterocycles. The Morgan fingerprint density at radius 1 is 0.933 bits per heavy atom. The van der Waals surface area contributed by atoms with Crippen molar-refractivity contribution in [1.29, 1.82) is 0 Å². The molecule has 0 saturated carbocycles. The number of carbonyl (C=O) groups excluding carboxylic acids is 1. The molecular formula is C23H24N2O5. The summed E-state index contributed by atoms with van der Waals surface area (Å²) in [5.41, 5.74) is 3.92. The average molecular weight is 408 g/mol. The Morgan fingerprint density at radius 2 is 1.67 bits per heavy atom. The maximum Gasteiger partial charge on any atom is 0.257 e. The number of ether oxygens (including phenoxy) is 4. The summed E-state index contributed by atoms with van der Waals surface area (Å²) in [5, 5.41) is 2.93. The van der Waals surface area contributed by atoms with Crippen molar-refractivity contribution in [1.82, 2.24) is 4.57 Å².